The van der Waals surface area contributed by atoms with E-state index in [1.165, 1.54) is 0 Å². The van der Waals surface area contributed by atoms with Crippen LogP contribution in [0.3, 0.4) is 0 Å². The quantitative estimate of drug-likeness (QED) is 0.781. The second kappa shape index (κ2) is 5.54. The third kappa shape index (κ3) is 2.79. The van der Waals surface area contributed by atoms with Gasteiger partial charge in [0.15, 0.2) is 11.6 Å². The molecule has 21 heavy (non-hydrogen) atoms. The molecular formula is C15H13N5O. The molecule has 0 radical (unpaired) electrons. The van der Waals surface area contributed by atoms with E-state index in [0.29, 0.717) is 17.5 Å². The Morgan fingerprint density at radius 1 is 1.10 bits per heavy atom. The molecule has 0 aliphatic carbocycles. The summed E-state index contributed by atoms with van der Waals surface area (Å²) in [4.78, 5) is 19.9. The normalized spacial score (nSPS) is 10.5. The monoisotopic (exact) mass is 279 g/mol. The first kappa shape index (κ1) is 13.0. The number of benzene rings is 1. The Kier molecular flexibility index (Phi) is 3.42. The van der Waals surface area contributed by atoms with Crippen molar-refractivity contribution in [3.63, 3.8) is 0 Å². The summed E-state index contributed by atoms with van der Waals surface area (Å²) in [5.74, 6) is 1.15. The van der Waals surface area contributed by atoms with Crippen LogP contribution < -0.4 is 5.73 Å². The van der Waals surface area contributed by atoms with Crippen LogP contribution in [0.5, 0.6) is 0 Å². The molecule has 0 aliphatic rings. The Morgan fingerprint density at radius 2 is 1.86 bits per heavy atom. The number of nitrogens with zero attached hydrogens (tertiary/aromatic N) is 4. The number of pyridine rings is 1. The summed E-state index contributed by atoms with van der Waals surface area (Å²) >= 11 is 0. The average Bonchev–Trinajstić information content (AvgIpc) is 2.92. The third-order valence-electron chi connectivity index (χ3n) is 2.90. The summed E-state index contributed by atoms with van der Waals surface area (Å²) in [6.07, 6.45) is 1.67. The number of nitrogens with two attached hydrogens (primary N) is 1. The van der Waals surface area contributed by atoms with Crippen LogP contribution in [-0.2, 0) is 11.2 Å². The third-order valence-corrected chi connectivity index (χ3v) is 2.90. The van der Waals surface area contributed by atoms with Gasteiger partial charge in [-0.1, -0.05) is 36.4 Å². The molecule has 0 saturated carbocycles. The number of carbonyl (C=O) groups excluding carboxylic acids is 1. The lowest BCUT2D eigenvalue weighted by Gasteiger charge is -2.02. The summed E-state index contributed by atoms with van der Waals surface area (Å²) in [5.41, 5.74) is 6.15. The van der Waals surface area contributed by atoms with Crippen molar-refractivity contribution in [1.82, 2.24) is 19.7 Å². The lowest BCUT2D eigenvalue weighted by Crippen LogP contribution is -2.17. The van der Waals surface area contributed by atoms with Crippen molar-refractivity contribution in [3.8, 4) is 17.2 Å². The van der Waals surface area contributed by atoms with Gasteiger partial charge in [0.25, 0.3) is 0 Å². The number of amides is 1. The lowest BCUT2D eigenvalue weighted by atomic mass is 10.2. The maximum atomic E-state index is 11.2. The van der Waals surface area contributed by atoms with Crippen LogP contribution >= 0.6 is 0 Å². The van der Waals surface area contributed by atoms with Gasteiger partial charge < -0.3 is 5.73 Å². The fraction of sp³-hybridized carbons (Fsp3) is 0.0667. The molecule has 1 amide bonds. The Morgan fingerprint density at radius 3 is 2.52 bits per heavy atom. The van der Waals surface area contributed by atoms with Gasteiger partial charge in [-0.3, -0.25) is 4.79 Å². The average molecular weight is 279 g/mol. The van der Waals surface area contributed by atoms with Crippen LogP contribution in [0.15, 0.2) is 54.7 Å². The van der Waals surface area contributed by atoms with E-state index in [4.69, 9.17) is 5.73 Å². The van der Waals surface area contributed by atoms with Crippen molar-refractivity contribution >= 4 is 5.91 Å². The smallest absolute Gasteiger partial charge is 0.225 e. The number of aromatic nitrogens is 4. The van der Waals surface area contributed by atoms with E-state index >= 15 is 0 Å². The predicted octanol–water partition coefficient (Wildman–Crippen LogP) is 1.36. The molecule has 6 nitrogen and oxygen atoms in total. The van der Waals surface area contributed by atoms with Crippen molar-refractivity contribution in [2.75, 3.05) is 0 Å². The molecule has 3 rings (SSSR count). The van der Waals surface area contributed by atoms with E-state index in [-0.39, 0.29) is 6.42 Å². The second-order valence-electron chi connectivity index (χ2n) is 4.46. The Hall–Kier alpha value is -3.02. The highest BCUT2D eigenvalue weighted by molar-refractivity contribution is 5.76. The van der Waals surface area contributed by atoms with Crippen LogP contribution in [0.4, 0.5) is 0 Å². The molecule has 0 atom stereocenters. The van der Waals surface area contributed by atoms with Gasteiger partial charge in [0, 0.05) is 11.8 Å². The molecule has 0 saturated heterocycles. The maximum absolute atomic E-state index is 11.2. The SMILES string of the molecule is NC(=O)Cc1nc(-c2ccccc2)nn1-c1ccccn1. The van der Waals surface area contributed by atoms with E-state index in [2.05, 4.69) is 15.1 Å². The zero-order valence-electron chi connectivity index (χ0n) is 11.2. The van der Waals surface area contributed by atoms with Gasteiger partial charge in [0.2, 0.25) is 5.91 Å². The zero-order chi connectivity index (χ0) is 14.7. The molecule has 2 N–H and O–H groups in total. The molecule has 0 aliphatic heterocycles. The molecular weight excluding hydrogens is 266 g/mol. The molecule has 2 aromatic heterocycles. The minimum atomic E-state index is -0.459. The molecule has 0 unspecified atom stereocenters. The van der Waals surface area contributed by atoms with E-state index in [9.17, 15) is 4.79 Å². The van der Waals surface area contributed by atoms with Crippen LogP contribution in [0.1, 0.15) is 5.82 Å². The summed E-state index contributed by atoms with van der Waals surface area (Å²) in [5, 5.41) is 4.44. The van der Waals surface area contributed by atoms with Gasteiger partial charge >= 0.3 is 0 Å². The summed E-state index contributed by atoms with van der Waals surface area (Å²) in [7, 11) is 0. The maximum Gasteiger partial charge on any atom is 0.225 e. The van der Waals surface area contributed by atoms with Crippen molar-refractivity contribution in [1.29, 1.82) is 0 Å². The van der Waals surface area contributed by atoms with Crippen LogP contribution in [-0.4, -0.2) is 25.7 Å². The molecule has 0 spiro atoms. The lowest BCUT2D eigenvalue weighted by molar-refractivity contribution is -0.117. The number of carbonyl (C=O) groups is 1. The fourth-order valence-corrected chi connectivity index (χ4v) is 1.99. The van der Waals surface area contributed by atoms with Gasteiger partial charge in [-0.05, 0) is 12.1 Å². The fourth-order valence-electron chi connectivity index (χ4n) is 1.99. The number of primary amides is 1. The Labute approximate surface area is 121 Å². The Bertz CT molecular complexity index is 752. The minimum absolute atomic E-state index is 0.0103. The number of hydrogen-bond acceptors (Lipinski definition) is 4. The highest BCUT2D eigenvalue weighted by Crippen LogP contribution is 2.17. The topological polar surface area (TPSA) is 86.7 Å². The van der Waals surface area contributed by atoms with Gasteiger partial charge in [0.1, 0.15) is 5.82 Å². The molecule has 0 fully saturated rings. The zero-order valence-corrected chi connectivity index (χ0v) is 11.2. The van der Waals surface area contributed by atoms with E-state index in [1.54, 1.807) is 16.9 Å². The largest absolute Gasteiger partial charge is 0.369 e. The number of rotatable bonds is 4. The predicted molar refractivity (Wildman–Crippen MR) is 77.5 cm³/mol. The van der Waals surface area contributed by atoms with Crippen LogP contribution in [0.25, 0.3) is 17.2 Å². The highest BCUT2D eigenvalue weighted by Gasteiger charge is 2.15. The molecule has 6 heteroatoms. The number of hydrogen-bond donors (Lipinski definition) is 1. The van der Waals surface area contributed by atoms with Gasteiger partial charge in [-0.15, -0.1) is 5.10 Å². The molecule has 0 bridgehead atoms. The molecule has 104 valence electrons. The first-order chi connectivity index (χ1) is 10.2. The van der Waals surface area contributed by atoms with E-state index in [0.717, 1.165) is 5.56 Å². The highest BCUT2D eigenvalue weighted by atomic mass is 16.1. The summed E-state index contributed by atoms with van der Waals surface area (Å²) in [6, 6.07) is 15.0. The molecule has 2 heterocycles. The Balaban J connectivity index is 2.10. The molecule has 3 aromatic rings. The van der Waals surface area contributed by atoms with Crippen LogP contribution in [0, 0.1) is 0 Å². The van der Waals surface area contributed by atoms with Crippen molar-refractivity contribution in [3.05, 3.63) is 60.6 Å². The second-order valence-corrected chi connectivity index (χ2v) is 4.46. The van der Waals surface area contributed by atoms with Gasteiger partial charge in [-0.2, -0.15) is 4.68 Å². The van der Waals surface area contributed by atoms with Crippen molar-refractivity contribution in [2.24, 2.45) is 5.73 Å². The van der Waals surface area contributed by atoms with Crippen molar-refractivity contribution < 1.29 is 4.79 Å². The van der Waals surface area contributed by atoms with Gasteiger partial charge in [0.05, 0.1) is 6.42 Å². The minimum Gasteiger partial charge on any atom is -0.369 e. The summed E-state index contributed by atoms with van der Waals surface area (Å²) in [6.45, 7) is 0. The van der Waals surface area contributed by atoms with E-state index in [1.807, 2.05) is 42.5 Å². The summed E-state index contributed by atoms with van der Waals surface area (Å²) < 4.78 is 1.55. The molecule has 1 aromatic carbocycles. The standard InChI is InChI=1S/C15H13N5O/c16-12(21)10-14-18-15(11-6-2-1-3-7-11)19-20(14)13-8-4-5-9-17-13/h1-9H,10H2,(H2,16,21). The van der Waals surface area contributed by atoms with E-state index < -0.39 is 5.91 Å². The first-order valence-electron chi connectivity index (χ1n) is 6.45. The van der Waals surface area contributed by atoms with Gasteiger partial charge in [-0.25, -0.2) is 9.97 Å². The van der Waals surface area contributed by atoms with Crippen LogP contribution in [0.2, 0.25) is 0 Å². The first-order valence-corrected chi connectivity index (χ1v) is 6.45. The van der Waals surface area contributed by atoms with Crippen molar-refractivity contribution in [2.45, 2.75) is 6.42 Å².